The van der Waals surface area contributed by atoms with Crippen LogP contribution in [-0.2, 0) is 34.0 Å². The summed E-state index contributed by atoms with van der Waals surface area (Å²) in [7, 11) is 1.68. The van der Waals surface area contributed by atoms with Crippen molar-refractivity contribution in [1.29, 1.82) is 0 Å². The average molecular weight is 668 g/mol. The second-order valence-corrected chi connectivity index (χ2v) is 12.9. The van der Waals surface area contributed by atoms with E-state index in [-0.39, 0.29) is 18.1 Å². The highest BCUT2D eigenvalue weighted by Gasteiger charge is 2.36. The largest absolute Gasteiger partial charge is 0.496 e. The summed E-state index contributed by atoms with van der Waals surface area (Å²) in [5.41, 5.74) is 4.56. The van der Waals surface area contributed by atoms with Gasteiger partial charge in [0.2, 0.25) is 0 Å². The van der Waals surface area contributed by atoms with E-state index in [9.17, 15) is 0 Å². The van der Waals surface area contributed by atoms with E-state index in [0.29, 0.717) is 33.0 Å². The summed E-state index contributed by atoms with van der Waals surface area (Å²) in [4.78, 5) is 0. The average Bonchev–Trinajstić information content (AvgIpc) is 3.17. The Kier molecular flexibility index (Phi) is 11.3. The van der Waals surface area contributed by atoms with Gasteiger partial charge in [-0.1, -0.05) is 103 Å². The van der Waals surface area contributed by atoms with Gasteiger partial charge in [0.1, 0.15) is 11.5 Å². The molecule has 1 fully saturated rings. The molecule has 0 aromatic heterocycles. The third kappa shape index (κ3) is 8.52. The molecule has 0 saturated carbocycles. The van der Waals surface area contributed by atoms with E-state index >= 15 is 0 Å². The van der Waals surface area contributed by atoms with Gasteiger partial charge < -0.3 is 29.0 Å². The van der Waals surface area contributed by atoms with E-state index in [1.54, 1.807) is 7.11 Å². The molecular weight excluding hydrogens is 622 g/mol. The number of hydrogen-bond acceptors (Lipinski definition) is 6. The van der Waals surface area contributed by atoms with Crippen molar-refractivity contribution in [3.8, 4) is 11.5 Å². The van der Waals surface area contributed by atoms with Crippen LogP contribution in [0.15, 0.2) is 133 Å². The highest BCUT2D eigenvalue weighted by atomic mass is 16.5. The Morgan fingerprint density at radius 3 is 1.78 bits per heavy atom. The maximum atomic E-state index is 6.71. The first kappa shape index (κ1) is 33.8. The number of piperidine rings is 1. The van der Waals surface area contributed by atoms with Crippen molar-refractivity contribution >= 4 is 21.5 Å². The van der Waals surface area contributed by atoms with Crippen molar-refractivity contribution in [2.24, 2.45) is 0 Å². The van der Waals surface area contributed by atoms with Crippen LogP contribution in [0.3, 0.4) is 0 Å². The van der Waals surface area contributed by atoms with E-state index in [1.807, 2.05) is 24.3 Å². The molecule has 3 atom stereocenters. The summed E-state index contributed by atoms with van der Waals surface area (Å²) in [5, 5.41) is 8.51. The minimum atomic E-state index is -0.0658. The Labute approximate surface area is 294 Å². The molecule has 6 aromatic carbocycles. The van der Waals surface area contributed by atoms with Crippen molar-refractivity contribution in [1.82, 2.24) is 5.32 Å². The number of benzene rings is 6. The molecule has 0 radical (unpaired) electrons. The summed E-state index contributed by atoms with van der Waals surface area (Å²) in [6.45, 7) is 4.27. The van der Waals surface area contributed by atoms with Crippen molar-refractivity contribution in [3.63, 3.8) is 0 Å². The molecule has 1 heterocycles. The Bertz CT molecular complexity index is 1880. The van der Waals surface area contributed by atoms with Gasteiger partial charge >= 0.3 is 0 Å². The third-order valence-corrected chi connectivity index (χ3v) is 9.46. The predicted molar refractivity (Wildman–Crippen MR) is 200 cm³/mol. The highest BCUT2D eigenvalue weighted by molar-refractivity contribution is 5.83. The normalized spacial score (nSPS) is 17.6. The van der Waals surface area contributed by atoms with Crippen LogP contribution in [0.1, 0.15) is 34.6 Å². The third-order valence-electron chi connectivity index (χ3n) is 9.46. The maximum Gasteiger partial charge on any atom is 0.124 e. The van der Waals surface area contributed by atoms with Gasteiger partial charge in [0, 0.05) is 31.0 Å². The van der Waals surface area contributed by atoms with Crippen LogP contribution >= 0.6 is 0 Å². The van der Waals surface area contributed by atoms with Crippen molar-refractivity contribution < 1.29 is 23.7 Å². The van der Waals surface area contributed by atoms with Gasteiger partial charge in [0.25, 0.3) is 0 Å². The summed E-state index contributed by atoms with van der Waals surface area (Å²) >= 11 is 0. The van der Waals surface area contributed by atoms with Gasteiger partial charge in [0.15, 0.2) is 0 Å². The number of hydrogen-bond donors (Lipinski definition) is 1. The molecular formula is C44H45NO5. The molecule has 0 aliphatic carbocycles. The lowest BCUT2D eigenvalue weighted by Crippen LogP contribution is -2.50. The molecule has 6 nitrogen and oxygen atoms in total. The minimum Gasteiger partial charge on any atom is -0.496 e. The van der Waals surface area contributed by atoms with Crippen LogP contribution < -0.4 is 14.8 Å². The fraction of sp³-hybridized carbons (Fsp3) is 0.273. The standard InChI is InChI=1S/C44H45NO5/c1-46-41-14-7-6-13-39(41)31-47-23-8-24-48-40-21-19-36(20-22-40)44-42(49-29-32-15-17-34-9-2-4-11-37(34)25-32)27-45-28-43(44)50-30-33-16-18-35-10-3-5-12-38(35)26-33/h2-7,9-22,25-26,42-45H,8,23-24,27-31H2,1H3/t42-,43+,44?. The molecule has 1 unspecified atom stereocenters. The zero-order valence-corrected chi connectivity index (χ0v) is 28.6. The molecule has 7 rings (SSSR count). The number of fused-ring (bicyclic) bond motifs is 2. The summed E-state index contributed by atoms with van der Waals surface area (Å²) in [6, 6.07) is 46.4. The lowest BCUT2D eigenvalue weighted by atomic mass is 9.85. The number of para-hydroxylation sites is 1. The van der Waals surface area contributed by atoms with Gasteiger partial charge in [-0.15, -0.1) is 0 Å². The van der Waals surface area contributed by atoms with Crippen LogP contribution in [0, 0.1) is 0 Å². The SMILES string of the molecule is COc1ccccc1COCCCOc1ccc(C2[C@@H](OCc3ccc4ccccc4c3)CNC[C@H]2OCc2ccc3ccccc3c2)cc1. The van der Waals surface area contributed by atoms with Gasteiger partial charge in [0.05, 0.1) is 52.4 Å². The number of rotatable bonds is 15. The van der Waals surface area contributed by atoms with Crippen molar-refractivity contribution in [2.45, 2.75) is 44.4 Å². The lowest BCUT2D eigenvalue weighted by Gasteiger charge is -2.39. The first-order valence-corrected chi connectivity index (χ1v) is 17.6. The van der Waals surface area contributed by atoms with E-state index in [1.165, 1.54) is 27.1 Å². The Morgan fingerprint density at radius 2 is 1.16 bits per heavy atom. The molecule has 256 valence electrons. The van der Waals surface area contributed by atoms with E-state index in [0.717, 1.165) is 47.7 Å². The molecule has 1 saturated heterocycles. The topological polar surface area (TPSA) is 58.2 Å². The Balaban J connectivity index is 1.000. The summed E-state index contributed by atoms with van der Waals surface area (Å²) < 4.78 is 30.8. The van der Waals surface area contributed by atoms with Crippen LogP contribution in [-0.4, -0.2) is 45.6 Å². The molecule has 0 amide bonds. The van der Waals surface area contributed by atoms with Gasteiger partial charge in [-0.25, -0.2) is 0 Å². The Morgan fingerprint density at radius 1 is 0.580 bits per heavy atom. The monoisotopic (exact) mass is 667 g/mol. The van der Waals surface area contributed by atoms with Crippen molar-refractivity contribution in [3.05, 3.63) is 156 Å². The highest BCUT2D eigenvalue weighted by Crippen LogP contribution is 2.33. The molecule has 6 heteroatoms. The molecule has 1 aliphatic rings. The smallest absolute Gasteiger partial charge is 0.124 e. The van der Waals surface area contributed by atoms with E-state index in [4.69, 9.17) is 23.7 Å². The minimum absolute atomic E-state index is 0.0505. The molecule has 0 spiro atoms. The van der Waals surface area contributed by atoms with Crippen LogP contribution in [0.25, 0.3) is 21.5 Å². The fourth-order valence-electron chi connectivity index (χ4n) is 6.82. The first-order chi connectivity index (χ1) is 24.7. The first-order valence-electron chi connectivity index (χ1n) is 17.6. The van der Waals surface area contributed by atoms with E-state index in [2.05, 4.69) is 115 Å². The van der Waals surface area contributed by atoms with Crippen LogP contribution in [0.2, 0.25) is 0 Å². The molecule has 0 bridgehead atoms. The second kappa shape index (κ2) is 16.8. The van der Waals surface area contributed by atoms with Crippen molar-refractivity contribution in [2.75, 3.05) is 33.4 Å². The fourth-order valence-corrected chi connectivity index (χ4v) is 6.82. The number of methoxy groups -OCH3 is 1. The zero-order chi connectivity index (χ0) is 34.0. The van der Waals surface area contributed by atoms with Gasteiger partial charge in [-0.05, 0) is 68.6 Å². The molecule has 1 aliphatic heterocycles. The predicted octanol–water partition coefficient (Wildman–Crippen LogP) is 8.84. The summed E-state index contributed by atoms with van der Waals surface area (Å²) in [5.74, 6) is 1.74. The van der Waals surface area contributed by atoms with E-state index < -0.39 is 0 Å². The lowest BCUT2D eigenvalue weighted by molar-refractivity contribution is -0.0650. The maximum absolute atomic E-state index is 6.71. The van der Waals surface area contributed by atoms with Gasteiger partial charge in [-0.3, -0.25) is 0 Å². The summed E-state index contributed by atoms with van der Waals surface area (Å²) in [6.07, 6.45) is 0.661. The second-order valence-electron chi connectivity index (χ2n) is 12.9. The Hall–Kier alpha value is -4.72. The number of nitrogens with one attached hydrogen (secondary N) is 1. The van der Waals surface area contributed by atoms with Gasteiger partial charge in [-0.2, -0.15) is 0 Å². The van der Waals surface area contributed by atoms with Crippen LogP contribution in [0.4, 0.5) is 0 Å². The number of ether oxygens (including phenoxy) is 5. The molecule has 1 N–H and O–H groups in total. The quantitative estimate of drug-likeness (QED) is 0.111. The van der Waals surface area contributed by atoms with Crippen LogP contribution in [0.5, 0.6) is 11.5 Å². The molecule has 50 heavy (non-hydrogen) atoms. The molecule has 6 aromatic rings. The zero-order valence-electron chi connectivity index (χ0n) is 28.6.